The molecule has 0 bridgehead atoms. The molecule has 0 atom stereocenters. The number of hydrogen-bond acceptors (Lipinski definition) is 3. The predicted molar refractivity (Wildman–Crippen MR) is 97.1 cm³/mol. The number of ether oxygens (including phenoxy) is 1. The molecule has 2 heterocycles. The van der Waals surface area contributed by atoms with Crippen LogP contribution in [0.1, 0.15) is 31.9 Å². The normalized spacial score (nSPS) is 14.0. The number of hydrogen-bond donors (Lipinski definition) is 0. The number of rotatable bonds is 1. The van der Waals surface area contributed by atoms with Gasteiger partial charge in [-0.25, -0.2) is 4.79 Å². The van der Waals surface area contributed by atoms with Crippen LogP contribution in [-0.2, 0) is 17.8 Å². The minimum atomic E-state index is -0.480. The third-order valence-electron chi connectivity index (χ3n) is 4.37. The zero-order valence-electron chi connectivity index (χ0n) is 14.7. The lowest BCUT2D eigenvalue weighted by molar-refractivity contribution is 0.0242. The Bertz CT molecular complexity index is 949. The number of carbonyl (C=O) groups excluding carboxylic acids is 1. The third-order valence-corrected chi connectivity index (χ3v) is 4.37. The monoisotopic (exact) mass is 335 g/mol. The number of fused-ring (bicyclic) bond motifs is 2. The Kier molecular flexibility index (Phi) is 3.57. The molecule has 0 N–H and O–H groups in total. The molecule has 4 rings (SSSR count). The number of para-hydroxylation sites is 1. The first kappa shape index (κ1) is 15.8. The number of furan rings is 1. The quantitative estimate of drug-likeness (QED) is 0.602. The van der Waals surface area contributed by atoms with E-state index in [0.717, 1.165) is 27.7 Å². The Labute approximate surface area is 147 Å². The summed E-state index contributed by atoms with van der Waals surface area (Å²) in [6.45, 7) is 6.82. The largest absolute Gasteiger partial charge is 0.464 e. The first-order valence-corrected chi connectivity index (χ1v) is 8.47. The van der Waals surface area contributed by atoms with Crippen LogP contribution in [0.15, 0.2) is 53.1 Å². The van der Waals surface area contributed by atoms with Gasteiger partial charge >= 0.3 is 6.09 Å². The van der Waals surface area contributed by atoms with Crippen molar-refractivity contribution in [3.05, 3.63) is 59.9 Å². The summed E-state index contributed by atoms with van der Waals surface area (Å²) in [5.74, 6) is 0. The molecule has 0 radical (unpaired) electrons. The van der Waals surface area contributed by atoms with E-state index in [9.17, 15) is 4.79 Å². The van der Waals surface area contributed by atoms with Gasteiger partial charge in [0.15, 0.2) is 0 Å². The lowest BCUT2D eigenvalue weighted by atomic mass is 9.99. The molecular formula is C21H21NO3. The first-order chi connectivity index (χ1) is 11.9. The number of carbonyl (C=O) groups is 1. The summed E-state index contributed by atoms with van der Waals surface area (Å²) in [5, 5.41) is 1.09. The second kappa shape index (κ2) is 5.66. The maximum absolute atomic E-state index is 12.3. The molecule has 4 heteroatoms. The zero-order valence-corrected chi connectivity index (χ0v) is 14.7. The highest BCUT2D eigenvalue weighted by atomic mass is 16.6. The zero-order chi connectivity index (χ0) is 17.6. The maximum atomic E-state index is 12.3. The second-order valence-electron chi connectivity index (χ2n) is 7.46. The summed E-state index contributed by atoms with van der Waals surface area (Å²) >= 11 is 0. The highest BCUT2D eigenvalue weighted by Crippen LogP contribution is 2.33. The minimum absolute atomic E-state index is 0.265. The van der Waals surface area contributed by atoms with Gasteiger partial charge in [-0.3, -0.25) is 4.90 Å². The van der Waals surface area contributed by atoms with E-state index in [1.807, 2.05) is 39.0 Å². The molecule has 2 aromatic carbocycles. The van der Waals surface area contributed by atoms with E-state index in [2.05, 4.69) is 24.3 Å². The van der Waals surface area contributed by atoms with E-state index in [1.54, 1.807) is 11.2 Å². The fraction of sp³-hybridized carbons (Fsp3) is 0.286. The van der Waals surface area contributed by atoms with E-state index < -0.39 is 5.60 Å². The van der Waals surface area contributed by atoms with Crippen LogP contribution in [0.5, 0.6) is 0 Å². The molecule has 1 aliphatic heterocycles. The van der Waals surface area contributed by atoms with Crippen LogP contribution in [0.25, 0.3) is 22.1 Å². The lowest BCUT2D eigenvalue weighted by Gasteiger charge is -2.24. The van der Waals surface area contributed by atoms with E-state index >= 15 is 0 Å². The SMILES string of the molecule is CC(C)(C)OC(=O)N1Cc2ccc(-c3cccc4ccoc34)cc2C1. The predicted octanol–water partition coefficient (Wildman–Crippen LogP) is 5.35. The summed E-state index contributed by atoms with van der Waals surface area (Å²) in [5.41, 5.74) is 4.91. The molecular weight excluding hydrogens is 314 g/mol. The van der Waals surface area contributed by atoms with Crippen molar-refractivity contribution in [1.82, 2.24) is 4.90 Å². The van der Waals surface area contributed by atoms with Crippen LogP contribution in [0.4, 0.5) is 4.79 Å². The van der Waals surface area contributed by atoms with Crippen molar-refractivity contribution in [2.24, 2.45) is 0 Å². The summed E-state index contributed by atoms with van der Waals surface area (Å²) in [4.78, 5) is 14.1. The highest BCUT2D eigenvalue weighted by Gasteiger charge is 2.28. The molecule has 128 valence electrons. The van der Waals surface area contributed by atoms with Gasteiger partial charge in [0.25, 0.3) is 0 Å². The molecule has 1 aliphatic rings. The molecule has 0 fully saturated rings. The average molecular weight is 335 g/mol. The molecule has 0 saturated heterocycles. The van der Waals surface area contributed by atoms with Crippen molar-refractivity contribution in [3.63, 3.8) is 0 Å². The van der Waals surface area contributed by atoms with Gasteiger partial charge < -0.3 is 9.15 Å². The summed E-state index contributed by atoms with van der Waals surface area (Å²) in [7, 11) is 0. The molecule has 4 nitrogen and oxygen atoms in total. The number of nitrogens with zero attached hydrogens (tertiary/aromatic N) is 1. The molecule has 1 amide bonds. The van der Waals surface area contributed by atoms with Crippen molar-refractivity contribution in [2.45, 2.75) is 39.5 Å². The molecule has 0 saturated carbocycles. The maximum Gasteiger partial charge on any atom is 0.410 e. The van der Waals surface area contributed by atoms with Crippen LogP contribution < -0.4 is 0 Å². The minimum Gasteiger partial charge on any atom is -0.464 e. The topological polar surface area (TPSA) is 42.7 Å². The van der Waals surface area contributed by atoms with Gasteiger partial charge in [0, 0.05) is 24.0 Å². The Morgan fingerprint density at radius 1 is 1.08 bits per heavy atom. The van der Waals surface area contributed by atoms with E-state index in [0.29, 0.717) is 13.1 Å². The first-order valence-electron chi connectivity index (χ1n) is 8.47. The summed E-state index contributed by atoms with van der Waals surface area (Å²) < 4.78 is 11.1. The standard InChI is InChI=1S/C21H21NO3/c1-21(2,3)25-20(23)22-12-16-8-7-15(11-17(16)13-22)18-6-4-5-14-9-10-24-19(14)18/h4-11H,12-13H2,1-3H3. The summed E-state index contributed by atoms with van der Waals surface area (Å²) in [6, 6.07) is 14.4. The lowest BCUT2D eigenvalue weighted by Crippen LogP contribution is -2.33. The molecule has 1 aromatic heterocycles. The van der Waals surface area contributed by atoms with Crippen molar-refractivity contribution >= 4 is 17.1 Å². The van der Waals surface area contributed by atoms with Crippen molar-refractivity contribution in [2.75, 3.05) is 0 Å². The Morgan fingerprint density at radius 2 is 1.88 bits per heavy atom. The van der Waals surface area contributed by atoms with Crippen molar-refractivity contribution in [3.8, 4) is 11.1 Å². The highest BCUT2D eigenvalue weighted by molar-refractivity contribution is 5.92. The van der Waals surface area contributed by atoms with Crippen LogP contribution in [-0.4, -0.2) is 16.6 Å². The van der Waals surface area contributed by atoms with Crippen LogP contribution >= 0.6 is 0 Å². The molecule has 0 spiro atoms. The van der Waals surface area contributed by atoms with Crippen molar-refractivity contribution < 1.29 is 13.9 Å². The van der Waals surface area contributed by atoms with Crippen molar-refractivity contribution in [1.29, 1.82) is 0 Å². The molecule has 0 aliphatic carbocycles. The molecule has 25 heavy (non-hydrogen) atoms. The summed E-state index contributed by atoms with van der Waals surface area (Å²) in [6.07, 6.45) is 1.45. The fourth-order valence-electron chi connectivity index (χ4n) is 3.24. The van der Waals surface area contributed by atoms with E-state index in [4.69, 9.17) is 9.15 Å². The van der Waals surface area contributed by atoms with Crippen LogP contribution in [0, 0.1) is 0 Å². The van der Waals surface area contributed by atoms with Gasteiger partial charge in [-0.1, -0.05) is 30.3 Å². The van der Waals surface area contributed by atoms with Gasteiger partial charge in [-0.2, -0.15) is 0 Å². The fourth-order valence-corrected chi connectivity index (χ4v) is 3.24. The third kappa shape index (κ3) is 3.00. The smallest absolute Gasteiger partial charge is 0.410 e. The van der Waals surface area contributed by atoms with Gasteiger partial charge in [0.05, 0.1) is 6.26 Å². The Hall–Kier alpha value is -2.75. The molecule has 0 unspecified atom stereocenters. The Balaban J connectivity index is 1.62. The Morgan fingerprint density at radius 3 is 2.68 bits per heavy atom. The van der Waals surface area contributed by atoms with E-state index in [-0.39, 0.29) is 6.09 Å². The van der Waals surface area contributed by atoms with Crippen LogP contribution in [0.3, 0.4) is 0 Å². The average Bonchev–Trinajstić information content (AvgIpc) is 3.18. The van der Waals surface area contributed by atoms with Crippen LogP contribution in [0.2, 0.25) is 0 Å². The van der Waals surface area contributed by atoms with Gasteiger partial charge in [-0.15, -0.1) is 0 Å². The van der Waals surface area contributed by atoms with Gasteiger partial charge in [0.2, 0.25) is 0 Å². The second-order valence-corrected chi connectivity index (χ2v) is 7.46. The number of benzene rings is 2. The van der Waals surface area contributed by atoms with E-state index in [1.165, 1.54) is 5.56 Å². The molecule has 3 aromatic rings. The number of amides is 1. The van der Waals surface area contributed by atoms with Gasteiger partial charge in [0.1, 0.15) is 11.2 Å². The van der Waals surface area contributed by atoms with Gasteiger partial charge in [-0.05, 0) is 49.6 Å².